The summed E-state index contributed by atoms with van der Waals surface area (Å²) >= 11 is 0. The first-order valence-electron chi connectivity index (χ1n) is 9.64. The van der Waals surface area contributed by atoms with Crippen molar-refractivity contribution in [3.05, 3.63) is 23.9 Å². The summed E-state index contributed by atoms with van der Waals surface area (Å²) < 4.78 is 0. The summed E-state index contributed by atoms with van der Waals surface area (Å²) in [6, 6.07) is 4.38. The summed E-state index contributed by atoms with van der Waals surface area (Å²) in [7, 11) is 4.32. The number of hydrogen-bond donors (Lipinski definition) is 0. The first kappa shape index (κ1) is 18.2. The molecular formula is C20H32N4O. The number of carbonyl (C=O) groups excluding carboxylic acids is 1. The van der Waals surface area contributed by atoms with E-state index in [9.17, 15) is 4.79 Å². The maximum absolute atomic E-state index is 12.8. The zero-order valence-corrected chi connectivity index (χ0v) is 16.1. The molecule has 1 aromatic heterocycles. The van der Waals surface area contributed by atoms with Gasteiger partial charge in [-0.1, -0.05) is 13.8 Å². The Morgan fingerprint density at radius 2 is 1.92 bits per heavy atom. The van der Waals surface area contributed by atoms with Crippen LogP contribution in [0.1, 0.15) is 43.5 Å². The Morgan fingerprint density at radius 3 is 2.52 bits per heavy atom. The molecule has 3 rings (SSSR count). The number of pyridine rings is 1. The van der Waals surface area contributed by atoms with Crippen LogP contribution in [0.3, 0.4) is 0 Å². The van der Waals surface area contributed by atoms with Gasteiger partial charge in [-0.15, -0.1) is 0 Å². The van der Waals surface area contributed by atoms with Gasteiger partial charge in [0.1, 0.15) is 5.82 Å². The largest absolute Gasteiger partial charge is 0.355 e. The first-order valence-corrected chi connectivity index (χ1v) is 9.64. The Hall–Kier alpha value is -1.62. The van der Waals surface area contributed by atoms with Crippen molar-refractivity contribution in [3.8, 4) is 0 Å². The lowest BCUT2D eigenvalue weighted by atomic mass is 9.91. The van der Waals surface area contributed by atoms with E-state index in [4.69, 9.17) is 0 Å². The van der Waals surface area contributed by atoms with E-state index in [0.717, 1.165) is 50.4 Å². The molecule has 1 aromatic rings. The first-order chi connectivity index (χ1) is 12.0. The zero-order valence-electron chi connectivity index (χ0n) is 16.1. The number of carbonyl (C=O) groups is 1. The Morgan fingerprint density at radius 1 is 1.20 bits per heavy atom. The molecule has 2 aliphatic heterocycles. The van der Waals surface area contributed by atoms with Crippen LogP contribution in [-0.2, 0) is 0 Å². The quantitative estimate of drug-likeness (QED) is 0.842. The highest BCUT2D eigenvalue weighted by atomic mass is 16.2. The summed E-state index contributed by atoms with van der Waals surface area (Å²) in [5.41, 5.74) is 0.779. The number of likely N-dealkylation sites (tertiary alicyclic amines) is 1. The zero-order chi connectivity index (χ0) is 18.0. The third-order valence-corrected chi connectivity index (χ3v) is 5.81. The second-order valence-corrected chi connectivity index (χ2v) is 8.10. The fourth-order valence-electron chi connectivity index (χ4n) is 4.20. The van der Waals surface area contributed by atoms with Gasteiger partial charge >= 0.3 is 0 Å². The number of anilines is 1. The van der Waals surface area contributed by atoms with Crippen LogP contribution in [0.4, 0.5) is 5.82 Å². The van der Waals surface area contributed by atoms with Gasteiger partial charge in [0, 0.05) is 44.0 Å². The molecule has 5 heteroatoms. The highest BCUT2D eigenvalue weighted by Gasteiger charge is 2.36. The van der Waals surface area contributed by atoms with Crippen molar-refractivity contribution in [1.82, 2.24) is 14.8 Å². The van der Waals surface area contributed by atoms with Crippen molar-refractivity contribution >= 4 is 11.7 Å². The normalized spacial score (nSPS) is 24.4. The molecule has 0 unspecified atom stereocenters. The lowest BCUT2D eigenvalue weighted by Gasteiger charge is -2.27. The Balaban J connectivity index is 1.76. The SMILES string of the molecule is CC(C)[C@@H]1CN(c2cc(C(=O)N3CCCCC3)ccn2)C[C@H]1N(C)C. The highest BCUT2D eigenvalue weighted by molar-refractivity contribution is 5.94. The van der Waals surface area contributed by atoms with Gasteiger partial charge in [0.2, 0.25) is 0 Å². The predicted molar refractivity (Wildman–Crippen MR) is 102 cm³/mol. The molecule has 0 saturated carbocycles. The molecule has 0 spiro atoms. The van der Waals surface area contributed by atoms with Crippen molar-refractivity contribution in [2.75, 3.05) is 45.2 Å². The minimum Gasteiger partial charge on any atom is -0.355 e. The van der Waals surface area contributed by atoms with E-state index in [1.165, 1.54) is 6.42 Å². The fraction of sp³-hybridized carbons (Fsp3) is 0.700. The van der Waals surface area contributed by atoms with Crippen LogP contribution < -0.4 is 4.90 Å². The molecule has 0 aromatic carbocycles. The highest BCUT2D eigenvalue weighted by Crippen LogP contribution is 2.30. The molecule has 3 heterocycles. The second-order valence-electron chi connectivity index (χ2n) is 8.10. The molecule has 0 N–H and O–H groups in total. The van der Waals surface area contributed by atoms with E-state index in [1.807, 2.05) is 17.0 Å². The van der Waals surface area contributed by atoms with Crippen LogP contribution in [0.15, 0.2) is 18.3 Å². The van der Waals surface area contributed by atoms with Gasteiger partial charge in [-0.05, 0) is 57.3 Å². The minimum absolute atomic E-state index is 0.159. The van der Waals surface area contributed by atoms with E-state index in [-0.39, 0.29) is 5.91 Å². The van der Waals surface area contributed by atoms with Gasteiger partial charge in [0.25, 0.3) is 5.91 Å². The van der Waals surface area contributed by atoms with Crippen LogP contribution in [0, 0.1) is 11.8 Å². The number of nitrogens with zero attached hydrogens (tertiary/aromatic N) is 4. The van der Waals surface area contributed by atoms with Crippen molar-refractivity contribution < 1.29 is 4.79 Å². The van der Waals surface area contributed by atoms with E-state index in [0.29, 0.717) is 17.9 Å². The molecule has 2 fully saturated rings. The Kier molecular flexibility index (Phi) is 5.62. The topological polar surface area (TPSA) is 39.7 Å². The standard InChI is InChI=1S/C20H32N4O/c1-15(2)17-13-24(14-18(17)22(3)4)19-12-16(8-9-21-19)20(25)23-10-6-5-7-11-23/h8-9,12,15,17-18H,5-7,10-11,13-14H2,1-4H3/t17-,18+/m0/s1. The lowest BCUT2D eigenvalue weighted by molar-refractivity contribution is 0.0724. The van der Waals surface area contributed by atoms with Crippen LogP contribution >= 0.6 is 0 Å². The van der Waals surface area contributed by atoms with Gasteiger partial charge in [-0.2, -0.15) is 0 Å². The van der Waals surface area contributed by atoms with E-state index in [2.05, 4.69) is 42.7 Å². The molecule has 1 amide bonds. The van der Waals surface area contributed by atoms with Gasteiger partial charge in [0.15, 0.2) is 0 Å². The van der Waals surface area contributed by atoms with Gasteiger partial charge < -0.3 is 14.7 Å². The van der Waals surface area contributed by atoms with Crippen molar-refractivity contribution in [3.63, 3.8) is 0 Å². The smallest absolute Gasteiger partial charge is 0.254 e. The van der Waals surface area contributed by atoms with Crippen LogP contribution in [-0.4, -0.2) is 67.0 Å². The number of hydrogen-bond acceptors (Lipinski definition) is 4. The van der Waals surface area contributed by atoms with Gasteiger partial charge in [-0.3, -0.25) is 4.79 Å². The number of piperidine rings is 1. The number of aromatic nitrogens is 1. The van der Waals surface area contributed by atoms with Gasteiger partial charge in [0.05, 0.1) is 0 Å². The lowest BCUT2D eigenvalue weighted by Crippen LogP contribution is -2.37. The molecule has 0 radical (unpaired) electrons. The molecule has 25 heavy (non-hydrogen) atoms. The van der Waals surface area contributed by atoms with Crippen LogP contribution in [0.25, 0.3) is 0 Å². The predicted octanol–water partition coefficient (Wildman–Crippen LogP) is 2.73. The third kappa shape index (κ3) is 3.97. The average molecular weight is 345 g/mol. The van der Waals surface area contributed by atoms with Crippen molar-refractivity contribution in [2.24, 2.45) is 11.8 Å². The molecule has 5 nitrogen and oxygen atoms in total. The minimum atomic E-state index is 0.159. The number of likely N-dealkylation sites (N-methyl/N-ethyl adjacent to an activating group) is 1. The summed E-state index contributed by atoms with van der Waals surface area (Å²) in [5, 5.41) is 0. The van der Waals surface area contributed by atoms with E-state index in [1.54, 1.807) is 6.20 Å². The molecule has 2 atom stereocenters. The monoisotopic (exact) mass is 344 g/mol. The summed E-state index contributed by atoms with van der Waals surface area (Å²) in [5.74, 6) is 2.36. The maximum atomic E-state index is 12.8. The molecule has 2 aliphatic rings. The van der Waals surface area contributed by atoms with Crippen molar-refractivity contribution in [2.45, 2.75) is 39.2 Å². The van der Waals surface area contributed by atoms with Crippen LogP contribution in [0.2, 0.25) is 0 Å². The van der Waals surface area contributed by atoms with Crippen molar-refractivity contribution in [1.29, 1.82) is 0 Å². The summed E-state index contributed by atoms with van der Waals surface area (Å²) in [6.07, 6.45) is 5.27. The third-order valence-electron chi connectivity index (χ3n) is 5.81. The number of rotatable bonds is 4. The molecule has 138 valence electrons. The van der Waals surface area contributed by atoms with E-state index >= 15 is 0 Å². The van der Waals surface area contributed by atoms with Crippen LogP contribution in [0.5, 0.6) is 0 Å². The number of amides is 1. The molecular weight excluding hydrogens is 312 g/mol. The Labute approximate surface area is 152 Å². The second kappa shape index (κ2) is 7.73. The summed E-state index contributed by atoms with van der Waals surface area (Å²) in [6.45, 7) is 8.36. The fourth-order valence-corrected chi connectivity index (χ4v) is 4.20. The van der Waals surface area contributed by atoms with Gasteiger partial charge in [-0.25, -0.2) is 4.98 Å². The molecule has 2 saturated heterocycles. The molecule has 0 bridgehead atoms. The average Bonchev–Trinajstić information content (AvgIpc) is 3.08. The maximum Gasteiger partial charge on any atom is 0.254 e. The summed E-state index contributed by atoms with van der Waals surface area (Å²) in [4.78, 5) is 24.0. The molecule has 0 aliphatic carbocycles. The Bertz CT molecular complexity index is 579. The van der Waals surface area contributed by atoms with E-state index < -0.39 is 0 Å².